The third kappa shape index (κ3) is 5.60. The summed E-state index contributed by atoms with van der Waals surface area (Å²) in [7, 11) is -3.95. The molecule has 3 rings (SSSR count). The normalized spacial score (nSPS) is 21.1. The number of carbonyl (C=O) groups is 2. The molecule has 0 radical (unpaired) electrons. The molecule has 2 amide bonds. The molecule has 2 saturated heterocycles. The Kier molecular flexibility index (Phi) is 7.64. The molecule has 1 aromatic carbocycles. The van der Waals surface area contributed by atoms with Gasteiger partial charge in [0.2, 0.25) is 21.8 Å². The van der Waals surface area contributed by atoms with E-state index in [1.54, 1.807) is 4.90 Å². The predicted molar refractivity (Wildman–Crippen MR) is 110 cm³/mol. The van der Waals surface area contributed by atoms with Gasteiger partial charge < -0.3 is 10.2 Å². The lowest BCUT2D eigenvalue weighted by atomic mass is 9.95. The summed E-state index contributed by atoms with van der Waals surface area (Å²) >= 11 is 0. The Hall–Kier alpha value is -2.07. The Morgan fingerprint density at radius 2 is 1.81 bits per heavy atom. The highest BCUT2D eigenvalue weighted by molar-refractivity contribution is 7.89. The van der Waals surface area contributed by atoms with Crippen LogP contribution < -0.4 is 5.32 Å². The maximum Gasteiger partial charge on any atom is 0.243 e. The van der Waals surface area contributed by atoms with Crippen molar-refractivity contribution in [2.45, 2.75) is 56.4 Å². The molecule has 7 nitrogen and oxygen atoms in total. The maximum absolute atomic E-state index is 13.5. The smallest absolute Gasteiger partial charge is 0.243 e. The Balaban J connectivity index is 1.56. The number of piperidine rings is 2. The zero-order valence-electron chi connectivity index (χ0n) is 17.6. The van der Waals surface area contributed by atoms with E-state index in [1.165, 1.54) is 4.31 Å². The van der Waals surface area contributed by atoms with E-state index in [0.717, 1.165) is 31.4 Å². The number of halogens is 2. The van der Waals surface area contributed by atoms with Crippen LogP contribution in [0.15, 0.2) is 23.1 Å². The minimum absolute atomic E-state index is 0.00227. The van der Waals surface area contributed by atoms with Crippen LogP contribution in [0.1, 0.15) is 45.4 Å². The van der Waals surface area contributed by atoms with Crippen molar-refractivity contribution in [1.29, 1.82) is 0 Å². The molecule has 10 heteroatoms. The minimum atomic E-state index is -3.95. The molecule has 0 spiro atoms. The van der Waals surface area contributed by atoms with Gasteiger partial charge in [-0.15, -0.1) is 0 Å². The van der Waals surface area contributed by atoms with Gasteiger partial charge in [-0.2, -0.15) is 4.31 Å². The molecule has 0 aliphatic carbocycles. The predicted octanol–water partition coefficient (Wildman–Crippen LogP) is 2.27. The second kappa shape index (κ2) is 10.0. The molecule has 1 atom stereocenters. The summed E-state index contributed by atoms with van der Waals surface area (Å²) in [5.74, 6) is -2.62. The number of nitrogens with zero attached hydrogens (tertiary/aromatic N) is 2. The van der Waals surface area contributed by atoms with Crippen LogP contribution in [0.3, 0.4) is 0 Å². The fraction of sp³-hybridized carbons (Fsp3) is 0.619. The highest BCUT2D eigenvalue weighted by Crippen LogP contribution is 2.27. The highest BCUT2D eigenvalue weighted by atomic mass is 32.2. The van der Waals surface area contributed by atoms with E-state index in [9.17, 15) is 26.8 Å². The molecule has 1 N–H and O–H groups in total. The van der Waals surface area contributed by atoms with Crippen LogP contribution in [0.2, 0.25) is 0 Å². The van der Waals surface area contributed by atoms with Crippen LogP contribution in [0.5, 0.6) is 0 Å². The summed E-state index contributed by atoms with van der Waals surface area (Å²) in [6.45, 7) is 3.33. The highest BCUT2D eigenvalue weighted by Gasteiger charge is 2.35. The molecule has 0 aromatic heterocycles. The van der Waals surface area contributed by atoms with Crippen LogP contribution in [-0.4, -0.2) is 61.7 Å². The molecule has 31 heavy (non-hydrogen) atoms. The number of hydrogen-bond acceptors (Lipinski definition) is 4. The number of hydrogen-bond donors (Lipinski definition) is 1. The number of nitrogens with one attached hydrogen (secondary N) is 1. The molecular formula is C21H29F2N3O4S. The molecule has 2 fully saturated rings. The summed E-state index contributed by atoms with van der Waals surface area (Å²) in [4.78, 5) is 26.3. The molecule has 2 heterocycles. The van der Waals surface area contributed by atoms with Crippen molar-refractivity contribution >= 4 is 21.8 Å². The van der Waals surface area contributed by atoms with Crippen LogP contribution in [0.4, 0.5) is 8.78 Å². The Morgan fingerprint density at radius 1 is 1.10 bits per heavy atom. The second-order valence-corrected chi connectivity index (χ2v) is 10.1. The van der Waals surface area contributed by atoms with Crippen molar-refractivity contribution in [1.82, 2.24) is 14.5 Å². The largest absolute Gasteiger partial charge is 0.352 e. The fourth-order valence-electron chi connectivity index (χ4n) is 4.21. The van der Waals surface area contributed by atoms with Gasteiger partial charge in [0.1, 0.15) is 0 Å². The van der Waals surface area contributed by atoms with E-state index >= 15 is 0 Å². The zero-order valence-corrected chi connectivity index (χ0v) is 18.5. The van der Waals surface area contributed by atoms with Crippen molar-refractivity contribution in [3.8, 4) is 0 Å². The lowest BCUT2D eigenvalue weighted by molar-refractivity contribution is -0.138. The summed E-state index contributed by atoms with van der Waals surface area (Å²) in [6.07, 6.45) is 3.62. The molecular weight excluding hydrogens is 428 g/mol. The molecule has 0 bridgehead atoms. The maximum atomic E-state index is 13.5. The van der Waals surface area contributed by atoms with Crippen LogP contribution in [-0.2, 0) is 19.6 Å². The van der Waals surface area contributed by atoms with E-state index in [0.29, 0.717) is 38.4 Å². The standard InChI is InChI=1S/C21H29F2N3O4S/c1-2-4-20(27)24-16-5-3-10-25(14-16)21(28)15-8-11-26(12-9-15)31(29,30)17-6-7-18(22)19(23)13-17/h6-7,13,15-16H,2-5,8-12,14H2,1H3,(H,24,27). The number of benzene rings is 1. The van der Waals surface area contributed by atoms with Gasteiger partial charge in [0, 0.05) is 44.6 Å². The van der Waals surface area contributed by atoms with Gasteiger partial charge in [0.25, 0.3) is 0 Å². The number of carbonyl (C=O) groups excluding carboxylic acids is 2. The summed E-state index contributed by atoms with van der Waals surface area (Å²) in [6, 6.07) is 2.48. The molecule has 2 aliphatic rings. The van der Waals surface area contributed by atoms with E-state index in [4.69, 9.17) is 0 Å². The lowest BCUT2D eigenvalue weighted by Gasteiger charge is -2.37. The second-order valence-electron chi connectivity index (χ2n) is 8.20. The van der Waals surface area contributed by atoms with Gasteiger partial charge in [0.15, 0.2) is 11.6 Å². The van der Waals surface area contributed by atoms with Crippen molar-refractivity contribution in [3.63, 3.8) is 0 Å². The fourth-order valence-corrected chi connectivity index (χ4v) is 5.69. The number of rotatable bonds is 6. The lowest BCUT2D eigenvalue weighted by Crippen LogP contribution is -2.52. The average molecular weight is 458 g/mol. The number of likely N-dealkylation sites (tertiary alicyclic amines) is 1. The van der Waals surface area contributed by atoms with Crippen LogP contribution in [0.25, 0.3) is 0 Å². The van der Waals surface area contributed by atoms with Gasteiger partial charge in [-0.1, -0.05) is 6.92 Å². The first-order valence-electron chi connectivity index (χ1n) is 10.8. The molecule has 0 saturated carbocycles. The summed E-state index contributed by atoms with van der Waals surface area (Å²) < 4.78 is 53.3. The topological polar surface area (TPSA) is 86.8 Å². The van der Waals surface area contributed by atoms with E-state index in [2.05, 4.69) is 5.32 Å². The van der Waals surface area contributed by atoms with Gasteiger partial charge >= 0.3 is 0 Å². The average Bonchev–Trinajstić information content (AvgIpc) is 2.75. The Bertz CT molecular complexity index is 917. The van der Waals surface area contributed by atoms with Gasteiger partial charge in [0.05, 0.1) is 4.90 Å². The van der Waals surface area contributed by atoms with Gasteiger partial charge in [-0.05, 0) is 50.3 Å². The molecule has 2 aliphatic heterocycles. The molecule has 172 valence electrons. The van der Waals surface area contributed by atoms with E-state index in [1.807, 2.05) is 6.92 Å². The van der Waals surface area contributed by atoms with Crippen molar-refractivity contribution in [2.75, 3.05) is 26.2 Å². The van der Waals surface area contributed by atoms with Gasteiger partial charge in [-0.25, -0.2) is 17.2 Å². The Labute approximate surface area is 181 Å². The molecule has 1 aromatic rings. The zero-order chi connectivity index (χ0) is 22.6. The summed E-state index contributed by atoms with van der Waals surface area (Å²) in [5, 5.41) is 2.98. The third-order valence-corrected chi connectivity index (χ3v) is 7.80. The third-order valence-electron chi connectivity index (χ3n) is 5.91. The number of sulfonamides is 1. The minimum Gasteiger partial charge on any atom is -0.352 e. The number of amides is 2. The van der Waals surface area contributed by atoms with Crippen LogP contribution >= 0.6 is 0 Å². The van der Waals surface area contributed by atoms with Crippen molar-refractivity contribution < 1.29 is 26.8 Å². The molecule has 1 unspecified atom stereocenters. The summed E-state index contributed by atoms with van der Waals surface area (Å²) in [5.41, 5.74) is 0. The van der Waals surface area contributed by atoms with Crippen LogP contribution in [0, 0.1) is 17.6 Å². The van der Waals surface area contributed by atoms with Crippen molar-refractivity contribution in [3.05, 3.63) is 29.8 Å². The SMILES string of the molecule is CCCC(=O)NC1CCCN(C(=O)C2CCN(S(=O)(=O)c3ccc(F)c(F)c3)CC2)C1. The van der Waals surface area contributed by atoms with Crippen molar-refractivity contribution in [2.24, 2.45) is 5.92 Å². The first-order valence-corrected chi connectivity index (χ1v) is 12.2. The first kappa shape index (κ1) is 23.6. The van der Waals surface area contributed by atoms with Gasteiger partial charge in [-0.3, -0.25) is 9.59 Å². The first-order chi connectivity index (χ1) is 14.7. The quantitative estimate of drug-likeness (QED) is 0.710. The Morgan fingerprint density at radius 3 is 2.45 bits per heavy atom. The monoisotopic (exact) mass is 457 g/mol. The van der Waals surface area contributed by atoms with E-state index in [-0.39, 0.29) is 41.8 Å². The van der Waals surface area contributed by atoms with E-state index < -0.39 is 21.7 Å².